The van der Waals surface area contributed by atoms with E-state index in [1.54, 1.807) is 0 Å². The molecule has 0 N–H and O–H groups in total. The van der Waals surface area contributed by atoms with Crippen LogP contribution in [0.2, 0.25) is 0 Å². The highest BCUT2D eigenvalue weighted by molar-refractivity contribution is 7.45. The summed E-state index contributed by atoms with van der Waals surface area (Å²) in [5, 5.41) is 0. The Morgan fingerprint density at radius 2 is 0.540 bits per heavy atom. The standard InChI is InChI=1S/C90H156NO8P/c1-6-8-10-12-14-16-18-20-22-24-26-28-30-32-34-36-38-40-42-44-45-47-49-51-53-55-57-59-61-63-65-67-69-71-73-75-77-79-81-83-90(93)99-88(87-98-100(94,95)97-85-84-91(3,4)5)86-96-89(92)82-80-78-76-74-72-70-68-66-64-62-60-58-56-54-52-50-48-46-43-41-39-37-35-33-31-29-27-25-23-21-19-17-15-13-11-9-7-2/h8-11,14-17,20-23,26-29,32,34,38,40,44-45,49,51,88H,6-7,12-13,18-19,24-25,30-31,33,35-37,39,41-43,46-48,50,52-87H2,1-5H3/b10-8-,11-9-,16-14-,17-15-,22-20-,23-21-,28-26-,29-27-,34-32-,40-38-,45-44-,51-49-. The molecule has 0 saturated heterocycles. The number of ether oxygens (including phenoxy) is 2. The molecule has 0 radical (unpaired) electrons. The fourth-order valence-electron chi connectivity index (χ4n) is 11.6. The number of carbonyl (C=O) groups excluding carboxylic acids is 2. The van der Waals surface area contributed by atoms with Gasteiger partial charge in [-0.25, -0.2) is 0 Å². The van der Waals surface area contributed by atoms with Crippen LogP contribution in [0.1, 0.15) is 361 Å². The molecule has 2 atom stereocenters. The molecular formula is C90H156NO8P. The van der Waals surface area contributed by atoms with E-state index in [-0.39, 0.29) is 32.0 Å². The molecule has 10 heteroatoms. The van der Waals surface area contributed by atoms with Gasteiger partial charge in [0.15, 0.2) is 6.10 Å². The van der Waals surface area contributed by atoms with Gasteiger partial charge in [0.2, 0.25) is 0 Å². The van der Waals surface area contributed by atoms with E-state index in [0.29, 0.717) is 17.4 Å². The number of hydrogen-bond acceptors (Lipinski definition) is 8. The SMILES string of the molecule is CC/C=C\C/C=C\C/C=C\C/C=C\C/C=C\C/C=C\C/C=C\C/C=C\CCCCCCCCCCCCCCCCC(=O)OC(COC(=O)CCCCCCCCCCCCCCCCCCCCCCCCCC/C=C\C/C=C\C/C=C\C/C=C\CC)COP(=O)([O-])OCC[N+](C)(C)C. The smallest absolute Gasteiger partial charge is 0.306 e. The van der Waals surface area contributed by atoms with Crippen LogP contribution in [0.4, 0.5) is 0 Å². The van der Waals surface area contributed by atoms with E-state index in [1.807, 2.05) is 21.1 Å². The molecular weight excluding hydrogens is 1250 g/mol. The van der Waals surface area contributed by atoms with Crippen molar-refractivity contribution in [1.82, 2.24) is 0 Å². The minimum atomic E-state index is -4.65. The number of phosphoric acid groups is 1. The number of quaternary nitrogens is 1. The van der Waals surface area contributed by atoms with Crippen LogP contribution in [0, 0.1) is 0 Å². The molecule has 9 nitrogen and oxygen atoms in total. The van der Waals surface area contributed by atoms with E-state index in [2.05, 4.69) is 160 Å². The molecule has 574 valence electrons. The van der Waals surface area contributed by atoms with Crippen molar-refractivity contribution in [3.8, 4) is 0 Å². The summed E-state index contributed by atoms with van der Waals surface area (Å²) < 4.78 is 34.4. The average Bonchev–Trinajstić information content (AvgIpc) is 1.07. The first-order valence-electron chi connectivity index (χ1n) is 41.5. The van der Waals surface area contributed by atoms with Crippen LogP contribution in [-0.4, -0.2) is 70.0 Å². The lowest BCUT2D eigenvalue weighted by atomic mass is 10.0. The van der Waals surface area contributed by atoms with Crippen LogP contribution in [0.3, 0.4) is 0 Å². The minimum Gasteiger partial charge on any atom is -0.756 e. The lowest BCUT2D eigenvalue weighted by Crippen LogP contribution is -2.37. The first kappa shape index (κ1) is 95.9. The van der Waals surface area contributed by atoms with E-state index in [9.17, 15) is 19.0 Å². The minimum absolute atomic E-state index is 0.0339. The summed E-state index contributed by atoms with van der Waals surface area (Å²) in [6.45, 7) is 4.05. The number of rotatable bonds is 76. The maximum absolute atomic E-state index is 12.9. The Kier molecular flexibility index (Phi) is 75.8. The van der Waals surface area contributed by atoms with Gasteiger partial charge in [0.25, 0.3) is 7.82 Å². The van der Waals surface area contributed by atoms with Gasteiger partial charge in [-0.3, -0.25) is 14.2 Å². The summed E-state index contributed by atoms with van der Waals surface area (Å²) in [5.74, 6) is -0.824. The Labute approximate surface area is 618 Å². The molecule has 0 amide bonds. The number of likely N-dealkylation sites (N-methyl/N-ethyl adjacent to an activating group) is 1. The van der Waals surface area contributed by atoms with Crippen molar-refractivity contribution >= 4 is 19.8 Å². The zero-order chi connectivity index (χ0) is 72.5. The van der Waals surface area contributed by atoms with E-state index < -0.39 is 26.5 Å². The zero-order valence-corrected chi connectivity index (χ0v) is 66.5. The van der Waals surface area contributed by atoms with E-state index in [1.165, 1.54) is 212 Å². The Balaban J connectivity index is 3.95. The average molecular weight is 1410 g/mol. The Bertz CT molecular complexity index is 2210. The van der Waals surface area contributed by atoms with Crippen molar-refractivity contribution in [2.45, 2.75) is 367 Å². The van der Waals surface area contributed by atoms with Crippen molar-refractivity contribution in [3.63, 3.8) is 0 Å². The van der Waals surface area contributed by atoms with Crippen molar-refractivity contribution in [3.05, 3.63) is 146 Å². The Hall–Kier alpha value is -4.11. The Morgan fingerprint density at radius 3 is 0.800 bits per heavy atom. The van der Waals surface area contributed by atoms with Crippen molar-refractivity contribution < 1.29 is 42.1 Å². The van der Waals surface area contributed by atoms with Crippen LogP contribution in [0.5, 0.6) is 0 Å². The van der Waals surface area contributed by atoms with Crippen molar-refractivity contribution in [2.24, 2.45) is 0 Å². The second-order valence-corrected chi connectivity index (χ2v) is 30.1. The summed E-state index contributed by atoms with van der Waals surface area (Å²) in [6, 6.07) is 0. The van der Waals surface area contributed by atoms with E-state index >= 15 is 0 Å². The van der Waals surface area contributed by atoms with E-state index in [4.69, 9.17) is 18.5 Å². The maximum Gasteiger partial charge on any atom is 0.306 e. The Morgan fingerprint density at radius 1 is 0.310 bits per heavy atom. The molecule has 0 aliphatic rings. The molecule has 0 spiro atoms. The molecule has 0 fully saturated rings. The quantitative estimate of drug-likeness (QED) is 0.0195. The van der Waals surface area contributed by atoms with Crippen LogP contribution in [0.15, 0.2) is 146 Å². The van der Waals surface area contributed by atoms with Gasteiger partial charge in [0, 0.05) is 12.8 Å². The second-order valence-electron chi connectivity index (χ2n) is 28.7. The number of nitrogens with zero attached hydrogens (tertiary/aromatic N) is 1. The fraction of sp³-hybridized carbons (Fsp3) is 0.711. The summed E-state index contributed by atoms with van der Waals surface area (Å²) in [7, 11) is 1.17. The van der Waals surface area contributed by atoms with Crippen LogP contribution in [0.25, 0.3) is 0 Å². The first-order valence-corrected chi connectivity index (χ1v) is 43.0. The molecule has 0 bridgehead atoms. The third-order valence-corrected chi connectivity index (χ3v) is 18.8. The third kappa shape index (κ3) is 82.8. The highest BCUT2D eigenvalue weighted by Gasteiger charge is 2.22. The molecule has 0 aromatic carbocycles. The number of phosphoric ester groups is 1. The van der Waals surface area contributed by atoms with Crippen LogP contribution in [-0.2, 0) is 32.7 Å². The normalized spacial score (nSPS) is 13.8. The summed E-state index contributed by atoms with van der Waals surface area (Å²) in [6.07, 6.45) is 117. The number of carbonyl (C=O) groups is 2. The van der Waals surface area contributed by atoms with Gasteiger partial charge in [0.1, 0.15) is 19.8 Å². The predicted octanol–water partition coefficient (Wildman–Crippen LogP) is 27.4. The second kappa shape index (κ2) is 79.0. The van der Waals surface area contributed by atoms with Gasteiger partial charge < -0.3 is 27.9 Å². The zero-order valence-electron chi connectivity index (χ0n) is 65.6. The van der Waals surface area contributed by atoms with Gasteiger partial charge in [-0.2, -0.15) is 0 Å². The highest BCUT2D eigenvalue weighted by Crippen LogP contribution is 2.38. The molecule has 0 aliphatic heterocycles. The summed E-state index contributed by atoms with van der Waals surface area (Å²) >= 11 is 0. The van der Waals surface area contributed by atoms with Crippen molar-refractivity contribution in [2.75, 3.05) is 47.5 Å². The molecule has 100 heavy (non-hydrogen) atoms. The fourth-order valence-corrected chi connectivity index (χ4v) is 12.3. The topological polar surface area (TPSA) is 111 Å². The molecule has 0 rings (SSSR count). The maximum atomic E-state index is 12.9. The number of allylic oxidation sites excluding steroid dienone is 24. The van der Waals surface area contributed by atoms with Crippen molar-refractivity contribution in [1.29, 1.82) is 0 Å². The van der Waals surface area contributed by atoms with Gasteiger partial charge in [0.05, 0.1) is 27.7 Å². The van der Waals surface area contributed by atoms with E-state index in [0.717, 1.165) is 116 Å². The summed E-state index contributed by atoms with van der Waals surface area (Å²) in [4.78, 5) is 38.2. The molecule has 0 aliphatic carbocycles. The number of esters is 2. The summed E-state index contributed by atoms with van der Waals surface area (Å²) in [5.41, 5.74) is 0. The predicted molar refractivity (Wildman–Crippen MR) is 434 cm³/mol. The largest absolute Gasteiger partial charge is 0.756 e. The molecule has 0 aromatic rings. The first-order chi connectivity index (χ1) is 49.0. The van der Waals surface area contributed by atoms with Gasteiger partial charge >= 0.3 is 11.9 Å². The lowest BCUT2D eigenvalue weighted by Gasteiger charge is -2.28. The van der Waals surface area contributed by atoms with Gasteiger partial charge in [-0.15, -0.1) is 0 Å². The van der Waals surface area contributed by atoms with Crippen LogP contribution < -0.4 is 4.89 Å². The molecule has 0 heterocycles. The number of unbranched alkanes of at least 4 members (excludes halogenated alkanes) is 38. The van der Waals surface area contributed by atoms with Gasteiger partial charge in [-0.05, 0) is 116 Å². The van der Waals surface area contributed by atoms with Gasteiger partial charge in [-0.1, -0.05) is 378 Å². The lowest BCUT2D eigenvalue weighted by molar-refractivity contribution is -0.870. The number of hydrogen-bond donors (Lipinski definition) is 0. The molecule has 0 aromatic heterocycles. The third-order valence-electron chi connectivity index (χ3n) is 17.9. The molecule has 2 unspecified atom stereocenters. The molecule has 0 saturated carbocycles. The van der Waals surface area contributed by atoms with Crippen LogP contribution >= 0.6 is 7.82 Å². The highest BCUT2D eigenvalue weighted by atomic mass is 31.2. The monoisotopic (exact) mass is 1410 g/mol.